The molecule has 1 heterocycles. The standard InChI is InChI=1S/C19H26F3N3O2/c20-19(21,22)13-8-10-25(11-9-13)16-3-1-2-15(12-16)24-14-4-6-17(7-5-14)27-18(23)26/h1-3,12-14,17,24H,4-11H2,(H2,23,26). The molecule has 1 saturated heterocycles. The molecule has 0 unspecified atom stereocenters. The quantitative estimate of drug-likeness (QED) is 0.812. The summed E-state index contributed by atoms with van der Waals surface area (Å²) in [5, 5.41) is 3.49. The molecular weight excluding hydrogens is 359 g/mol. The van der Waals surface area contributed by atoms with E-state index in [1.807, 2.05) is 29.2 Å². The van der Waals surface area contributed by atoms with E-state index in [0.717, 1.165) is 37.1 Å². The van der Waals surface area contributed by atoms with Crippen molar-refractivity contribution in [2.24, 2.45) is 11.7 Å². The molecule has 1 amide bonds. The zero-order valence-corrected chi connectivity index (χ0v) is 15.2. The van der Waals surface area contributed by atoms with Crippen molar-refractivity contribution in [2.45, 2.75) is 56.8 Å². The summed E-state index contributed by atoms with van der Waals surface area (Å²) in [7, 11) is 0. The molecule has 1 aliphatic carbocycles. The van der Waals surface area contributed by atoms with Gasteiger partial charge in [-0.25, -0.2) is 4.79 Å². The summed E-state index contributed by atoms with van der Waals surface area (Å²) in [6, 6.07) is 8.12. The molecule has 5 nitrogen and oxygen atoms in total. The second-order valence-corrected chi connectivity index (χ2v) is 7.41. The van der Waals surface area contributed by atoms with Crippen LogP contribution in [0.3, 0.4) is 0 Å². The Balaban J connectivity index is 1.52. The highest BCUT2D eigenvalue weighted by Gasteiger charge is 2.41. The molecule has 1 aliphatic heterocycles. The average molecular weight is 385 g/mol. The van der Waals surface area contributed by atoms with E-state index >= 15 is 0 Å². The number of rotatable bonds is 4. The lowest BCUT2D eigenvalue weighted by Crippen LogP contribution is -2.39. The molecule has 0 aromatic heterocycles. The third-order valence-corrected chi connectivity index (χ3v) is 5.50. The molecule has 3 N–H and O–H groups in total. The van der Waals surface area contributed by atoms with Gasteiger partial charge in [-0.2, -0.15) is 13.2 Å². The van der Waals surface area contributed by atoms with Crippen LogP contribution in [0, 0.1) is 5.92 Å². The largest absolute Gasteiger partial charge is 0.446 e. The topological polar surface area (TPSA) is 67.6 Å². The summed E-state index contributed by atoms with van der Waals surface area (Å²) < 4.78 is 43.5. The van der Waals surface area contributed by atoms with Crippen LogP contribution in [-0.2, 0) is 4.74 Å². The van der Waals surface area contributed by atoms with Crippen LogP contribution in [0.5, 0.6) is 0 Å². The third kappa shape index (κ3) is 5.43. The summed E-state index contributed by atoms with van der Waals surface area (Å²) in [6.45, 7) is 0.840. The van der Waals surface area contributed by atoms with Gasteiger partial charge in [-0.15, -0.1) is 0 Å². The molecule has 1 aromatic rings. The van der Waals surface area contributed by atoms with Crippen molar-refractivity contribution in [3.8, 4) is 0 Å². The predicted octanol–water partition coefficient (Wildman–Crippen LogP) is 4.28. The van der Waals surface area contributed by atoms with Gasteiger partial charge in [0.05, 0.1) is 5.92 Å². The van der Waals surface area contributed by atoms with Gasteiger partial charge in [0.25, 0.3) is 0 Å². The first-order valence-electron chi connectivity index (χ1n) is 9.45. The van der Waals surface area contributed by atoms with Gasteiger partial charge in [0.15, 0.2) is 0 Å². The van der Waals surface area contributed by atoms with Crippen molar-refractivity contribution in [3.05, 3.63) is 24.3 Å². The number of hydrogen-bond donors (Lipinski definition) is 2. The third-order valence-electron chi connectivity index (χ3n) is 5.50. The maximum Gasteiger partial charge on any atom is 0.404 e. The Labute approximate surface area is 157 Å². The minimum absolute atomic E-state index is 0.109. The molecule has 0 spiro atoms. The molecular formula is C19H26F3N3O2. The van der Waals surface area contributed by atoms with Crippen LogP contribution in [0.4, 0.5) is 29.3 Å². The molecule has 27 heavy (non-hydrogen) atoms. The first-order chi connectivity index (χ1) is 12.8. The monoisotopic (exact) mass is 385 g/mol. The van der Waals surface area contributed by atoms with Crippen molar-refractivity contribution in [3.63, 3.8) is 0 Å². The average Bonchev–Trinajstić information content (AvgIpc) is 2.63. The maximum absolute atomic E-state index is 12.8. The lowest BCUT2D eigenvalue weighted by molar-refractivity contribution is -0.179. The molecule has 8 heteroatoms. The number of halogens is 3. The number of anilines is 2. The van der Waals surface area contributed by atoms with Gasteiger partial charge in [-0.3, -0.25) is 0 Å². The van der Waals surface area contributed by atoms with Crippen molar-refractivity contribution in [2.75, 3.05) is 23.3 Å². The number of amides is 1. The number of hydrogen-bond acceptors (Lipinski definition) is 4. The number of alkyl halides is 3. The summed E-state index contributed by atoms with van der Waals surface area (Å²) in [5.41, 5.74) is 6.97. The molecule has 0 radical (unpaired) electrons. The van der Waals surface area contributed by atoms with Gasteiger partial charge in [-0.05, 0) is 56.7 Å². The Morgan fingerprint density at radius 3 is 2.37 bits per heavy atom. The van der Waals surface area contributed by atoms with Gasteiger partial charge in [0.1, 0.15) is 6.10 Å². The fraction of sp³-hybridized carbons (Fsp3) is 0.632. The summed E-state index contributed by atoms with van der Waals surface area (Å²) >= 11 is 0. The smallest absolute Gasteiger partial charge is 0.404 e. The zero-order chi connectivity index (χ0) is 19.4. The lowest BCUT2D eigenvalue weighted by atomic mass is 9.92. The molecule has 2 fully saturated rings. The van der Waals surface area contributed by atoms with Crippen LogP contribution >= 0.6 is 0 Å². The Hall–Kier alpha value is -2.12. The second-order valence-electron chi connectivity index (χ2n) is 7.41. The Bertz CT molecular complexity index is 637. The van der Waals surface area contributed by atoms with E-state index < -0.39 is 18.2 Å². The van der Waals surface area contributed by atoms with Gasteiger partial charge in [-0.1, -0.05) is 6.07 Å². The van der Waals surface area contributed by atoms with Crippen molar-refractivity contribution in [1.29, 1.82) is 0 Å². The number of nitrogens with zero attached hydrogens (tertiary/aromatic N) is 1. The number of ether oxygens (including phenoxy) is 1. The number of nitrogens with two attached hydrogens (primary N) is 1. The number of carbonyl (C=O) groups is 1. The van der Waals surface area contributed by atoms with Crippen molar-refractivity contribution in [1.82, 2.24) is 0 Å². The molecule has 0 atom stereocenters. The Morgan fingerprint density at radius 2 is 1.78 bits per heavy atom. The van der Waals surface area contributed by atoms with Crippen LogP contribution in [0.15, 0.2) is 24.3 Å². The molecule has 2 aliphatic rings. The van der Waals surface area contributed by atoms with Crippen LogP contribution in [0.25, 0.3) is 0 Å². The highest BCUT2D eigenvalue weighted by atomic mass is 19.4. The van der Waals surface area contributed by atoms with E-state index in [1.54, 1.807) is 0 Å². The van der Waals surface area contributed by atoms with Crippen LogP contribution < -0.4 is 16.0 Å². The van der Waals surface area contributed by atoms with Crippen molar-refractivity contribution < 1.29 is 22.7 Å². The number of primary amides is 1. The van der Waals surface area contributed by atoms with Crippen LogP contribution in [0.1, 0.15) is 38.5 Å². The summed E-state index contributed by atoms with van der Waals surface area (Å²) in [4.78, 5) is 12.8. The van der Waals surface area contributed by atoms with E-state index in [1.165, 1.54) is 0 Å². The molecule has 1 aromatic carbocycles. The first-order valence-corrected chi connectivity index (χ1v) is 9.45. The van der Waals surface area contributed by atoms with Gasteiger partial charge in [0.2, 0.25) is 0 Å². The zero-order valence-electron chi connectivity index (χ0n) is 15.2. The van der Waals surface area contributed by atoms with E-state index in [0.29, 0.717) is 13.1 Å². The molecule has 3 rings (SSSR count). The SMILES string of the molecule is NC(=O)OC1CCC(Nc2cccc(N3CCC(C(F)(F)F)CC3)c2)CC1. The molecule has 150 valence electrons. The maximum atomic E-state index is 12.8. The normalized spacial score (nSPS) is 24.5. The highest BCUT2D eigenvalue weighted by molar-refractivity contribution is 5.64. The molecule has 1 saturated carbocycles. The van der Waals surface area contributed by atoms with Crippen LogP contribution in [0.2, 0.25) is 0 Å². The molecule has 0 bridgehead atoms. The fourth-order valence-corrected chi connectivity index (χ4v) is 3.98. The van der Waals surface area contributed by atoms with Gasteiger partial charge < -0.3 is 20.7 Å². The van der Waals surface area contributed by atoms with Crippen molar-refractivity contribution >= 4 is 17.5 Å². The summed E-state index contributed by atoms with van der Waals surface area (Å²) in [6.07, 6.45) is -1.35. The minimum Gasteiger partial charge on any atom is -0.446 e. The van der Waals surface area contributed by atoms with Gasteiger partial charge >= 0.3 is 12.3 Å². The Kier molecular flexibility index (Phi) is 6.01. The number of nitrogens with one attached hydrogen (secondary N) is 1. The first kappa shape index (κ1) is 19.6. The second kappa shape index (κ2) is 8.27. The van der Waals surface area contributed by atoms with Crippen LogP contribution in [-0.4, -0.2) is 37.5 Å². The summed E-state index contributed by atoms with van der Waals surface area (Å²) in [5.74, 6) is -1.19. The number of piperidine rings is 1. The lowest BCUT2D eigenvalue weighted by Gasteiger charge is -2.35. The predicted molar refractivity (Wildman–Crippen MR) is 97.8 cm³/mol. The van der Waals surface area contributed by atoms with E-state index in [2.05, 4.69) is 5.32 Å². The minimum atomic E-state index is -4.09. The van der Waals surface area contributed by atoms with E-state index in [-0.39, 0.29) is 25.0 Å². The number of benzene rings is 1. The van der Waals surface area contributed by atoms with E-state index in [9.17, 15) is 18.0 Å². The van der Waals surface area contributed by atoms with Gasteiger partial charge in [0, 0.05) is 30.5 Å². The van der Waals surface area contributed by atoms with E-state index in [4.69, 9.17) is 10.5 Å². The fourth-order valence-electron chi connectivity index (χ4n) is 3.98. The highest BCUT2D eigenvalue weighted by Crippen LogP contribution is 2.36. The number of carbonyl (C=O) groups excluding carboxylic acids is 1. The Morgan fingerprint density at radius 1 is 1.11 bits per heavy atom.